The van der Waals surface area contributed by atoms with Gasteiger partial charge in [-0.05, 0) is 6.92 Å². The van der Waals surface area contributed by atoms with Crippen molar-refractivity contribution in [3.63, 3.8) is 0 Å². The monoisotopic (exact) mass is 182 g/mol. The first-order chi connectivity index (χ1) is 6.02. The molecule has 1 aromatic heterocycles. The van der Waals surface area contributed by atoms with Crippen molar-refractivity contribution in [1.29, 1.82) is 0 Å². The summed E-state index contributed by atoms with van der Waals surface area (Å²) in [5.74, 6) is -2.50. The molecule has 1 aromatic rings. The highest BCUT2D eigenvalue weighted by atomic mass is 16.4. The molecular weight excluding hydrogens is 176 g/mol. The molecule has 0 aliphatic carbocycles. The van der Waals surface area contributed by atoms with Crippen molar-refractivity contribution in [1.82, 2.24) is 9.97 Å². The maximum absolute atomic E-state index is 10.5. The van der Waals surface area contributed by atoms with Crippen LogP contribution in [0.1, 0.15) is 26.7 Å². The van der Waals surface area contributed by atoms with Crippen molar-refractivity contribution < 1.29 is 19.8 Å². The molecule has 0 bridgehead atoms. The van der Waals surface area contributed by atoms with Crippen LogP contribution in [0.2, 0.25) is 0 Å². The van der Waals surface area contributed by atoms with Crippen molar-refractivity contribution in [3.8, 4) is 0 Å². The zero-order valence-electron chi connectivity index (χ0n) is 6.68. The van der Waals surface area contributed by atoms with Gasteiger partial charge in [0.05, 0.1) is 0 Å². The van der Waals surface area contributed by atoms with Crippen LogP contribution in [-0.4, -0.2) is 32.1 Å². The van der Waals surface area contributed by atoms with E-state index in [-0.39, 0.29) is 5.82 Å². The Kier molecular flexibility index (Phi) is 2.23. The Morgan fingerprint density at radius 3 is 2.38 bits per heavy atom. The molecule has 0 aliphatic heterocycles. The topological polar surface area (TPSA) is 100 Å². The lowest BCUT2D eigenvalue weighted by atomic mass is 10.2. The lowest BCUT2D eigenvalue weighted by molar-refractivity contribution is 0.0645. The van der Waals surface area contributed by atoms with Crippen LogP contribution in [0, 0.1) is 6.92 Å². The van der Waals surface area contributed by atoms with Crippen LogP contribution in [-0.2, 0) is 0 Å². The molecule has 0 amide bonds. The summed E-state index contributed by atoms with van der Waals surface area (Å²) >= 11 is 0. The fraction of sp³-hybridized carbons (Fsp3) is 0.143. The van der Waals surface area contributed by atoms with Gasteiger partial charge in [0.15, 0.2) is 5.69 Å². The van der Waals surface area contributed by atoms with Crippen LogP contribution >= 0.6 is 0 Å². The highest BCUT2D eigenvalue weighted by Crippen LogP contribution is 2.04. The first kappa shape index (κ1) is 9.11. The minimum absolute atomic E-state index is 0.224. The van der Waals surface area contributed by atoms with Crippen LogP contribution in [0.3, 0.4) is 0 Å². The number of rotatable bonds is 2. The molecule has 0 radical (unpaired) electrons. The lowest BCUT2D eigenvalue weighted by Crippen LogP contribution is -2.12. The van der Waals surface area contributed by atoms with Gasteiger partial charge in [-0.1, -0.05) is 0 Å². The maximum Gasteiger partial charge on any atom is 0.355 e. The Morgan fingerprint density at radius 1 is 1.31 bits per heavy atom. The molecule has 0 fully saturated rings. The summed E-state index contributed by atoms with van der Waals surface area (Å²) in [6, 6.07) is 0. The second-order valence-electron chi connectivity index (χ2n) is 2.29. The van der Waals surface area contributed by atoms with E-state index in [9.17, 15) is 9.59 Å². The van der Waals surface area contributed by atoms with Crippen molar-refractivity contribution >= 4 is 11.9 Å². The summed E-state index contributed by atoms with van der Waals surface area (Å²) in [6.45, 7) is 1.48. The number of carboxylic acids is 2. The largest absolute Gasteiger partial charge is 0.478 e. The molecule has 0 aliphatic rings. The summed E-state index contributed by atoms with van der Waals surface area (Å²) in [5.41, 5.74) is -0.891. The van der Waals surface area contributed by atoms with E-state index in [0.717, 1.165) is 6.20 Å². The molecule has 1 heterocycles. The van der Waals surface area contributed by atoms with Crippen molar-refractivity contribution in [2.24, 2.45) is 0 Å². The van der Waals surface area contributed by atoms with Crippen LogP contribution in [0.25, 0.3) is 0 Å². The third-order valence-electron chi connectivity index (χ3n) is 1.34. The van der Waals surface area contributed by atoms with Gasteiger partial charge in [-0.2, -0.15) is 0 Å². The van der Waals surface area contributed by atoms with E-state index in [1.165, 1.54) is 6.92 Å². The van der Waals surface area contributed by atoms with Gasteiger partial charge >= 0.3 is 11.9 Å². The van der Waals surface area contributed by atoms with E-state index >= 15 is 0 Å². The molecule has 0 saturated carbocycles. The normalized spacial score (nSPS) is 9.62. The van der Waals surface area contributed by atoms with Crippen LogP contribution in [0.5, 0.6) is 0 Å². The smallest absolute Gasteiger partial charge is 0.355 e. The second-order valence-corrected chi connectivity index (χ2v) is 2.29. The van der Waals surface area contributed by atoms with Gasteiger partial charge in [-0.3, -0.25) is 0 Å². The molecule has 0 spiro atoms. The SMILES string of the molecule is Cc1ncc(C(=O)O)c(C(=O)O)n1. The summed E-state index contributed by atoms with van der Waals surface area (Å²) < 4.78 is 0. The fourth-order valence-corrected chi connectivity index (χ4v) is 0.790. The van der Waals surface area contributed by atoms with Gasteiger partial charge < -0.3 is 10.2 Å². The summed E-state index contributed by atoms with van der Waals surface area (Å²) in [7, 11) is 0. The number of aryl methyl sites for hydroxylation is 1. The molecule has 13 heavy (non-hydrogen) atoms. The van der Waals surface area contributed by atoms with E-state index in [4.69, 9.17) is 10.2 Å². The predicted octanol–water partition coefficient (Wildman–Crippen LogP) is 0.181. The number of hydrogen-bond acceptors (Lipinski definition) is 4. The predicted molar refractivity (Wildman–Crippen MR) is 40.7 cm³/mol. The number of aromatic nitrogens is 2. The molecule has 2 N–H and O–H groups in total. The van der Waals surface area contributed by atoms with Crippen molar-refractivity contribution in [2.45, 2.75) is 6.92 Å². The summed E-state index contributed by atoms with van der Waals surface area (Å²) in [5, 5.41) is 17.1. The Balaban J connectivity index is 3.35. The van der Waals surface area contributed by atoms with Crippen molar-refractivity contribution in [3.05, 3.63) is 23.3 Å². The standard InChI is InChI=1S/C7H6N2O4/c1-3-8-2-4(6(10)11)5(9-3)7(12)13/h2H,1H3,(H,10,11)(H,12,13). The van der Waals surface area contributed by atoms with E-state index in [2.05, 4.69) is 9.97 Å². The summed E-state index contributed by atoms with van der Waals surface area (Å²) in [6.07, 6.45) is 0.980. The summed E-state index contributed by atoms with van der Waals surface area (Å²) in [4.78, 5) is 28.1. The molecule has 1 rings (SSSR count). The van der Waals surface area contributed by atoms with E-state index in [1.54, 1.807) is 0 Å². The van der Waals surface area contributed by atoms with E-state index in [1.807, 2.05) is 0 Å². The molecule has 0 aromatic carbocycles. The van der Waals surface area contributed by atoms with E-state index in [0.29, 0.717) is 0 Å². The first-order valence-electron chi connectivity index (χ1n) is 3.32. The van der Waals surface area contributed by atoms with Crippen LogP contribution < -0.4 is 0 Å². The highest BCUT2D eigenvalue weighted by Gasteiger charge is 2.17. The zero-order valence-corrected chi connectivity index (χ0v) is 6.68. The third kappa shape index (κ3) is 1.78. The van der Waals surface area contributed by atoms with E-state index < -0.39 is 23.2 Å². The fourth-order valence-electron chi connectivity index (χ4n) is 0.790. The molecule has 0 unspecified atom stereocenters. The minimum Gasteiger partial charge on any atom is -0.478 e. The Bertz CT molecular complexity index is 375. The molecule has 0 atom stereocenters. The van der Waals surface area contributed by atoms with Gasteiger partial charge in [0.25, 0.3) is 0 Å². The zero-order chi connectivity index (χ0) is 10.0. The van der Waals surface area contributed by atoms with Gasteiger partial charge in [0, 0.05) is 6.20 Å². The Labute approximate surface area is 72.9 Å². The average Bonchev–Trinajstić information content (AvgIpc) is 2.03. The molecule has 6 nitrogen and oxygen atoms in total. The second kappa shape index (κ2) is 3.18. The molecule has 68 valence electrons. The molecule has 6 heteroatoms. The maximum atomic E-state index is 10.5. The number of hydrogen-bond donors (Lipinski definition) is 2. The average molecular weight is 182 g/mol. The van der Waals surface area contributed by atoms with Gasteiger partial charge in [-0.25, -0.2) is 19.6 Å². The molecule has 0 saturated heterocycles. The number of carbonyl (C=O) groups is 2. The van der Waals surface area contributed by atoms with Gasteiger partial charge in [0.2, 0.25) is 0 Å². The number of aromatic carboxylic acids is 2. The highest BCUT2D eigenvalue weighted by molar-refractivity contribution is 5.99. The minimum atomic E-state index is -1.37. The van der Waals surface area contributed by atoms with Crippen molar-refractivity contribution in [2.75, 3.05) is 0 Å². The lowest BCUT2D eigenvalue weighted by Gasteiger charge is -1.99. The number of carboxylic acid groups (broad SMARTS) is 2. The Hall–Kier alpha value is -1.98. The van der Waals surface area contributed by atoms with Crippen LogP contribution in [0.15, 0.2) is 6.20 Å². The Morgan fingerprint density at radius 2 is 1.92 bits per heavy atom. The van der Waals surface area contributed by atoms with Crippen LogP contribution in [0.4, 0.5) is 0 Å². The van der Waals surface area contributed by atoms with Gasteiger partial charge in [-0.15, -0.1) is 0 Å². The number of nitrogens with zero attached hydrogens (tertiary/aromatic N) is 2. The molecular formula is C7H6N2O4. The quantitative estimate of drug-likeness (QED) is 0.676. The van der Waals surface area contributed by atoms with Gasteiger partial charge in [0.1, 0.15) is 11.4 Å². The first-order valence-corrected chi connectivity index (χ1v) is 3.32. The third-order valence-corrected chi connectivity index (χ3v) is 1.34.